The lowest BCUT2D eigenvalue weighted by molar-refractivity contribution is -0.159. The minimum atomic E-state index is -1.39. The summed E-state index contributed by atoms with van der Waals surface area (Å²) in [4.78, 5) is 45.3. The summed E-state index contributed by atoms with van der Waals surface area (Å²) in [6, 6.07) is 12.1. The molecule has 1 spiro atoms. The van der Waals surface area contributed by atoms with Gasteiger partial charge in [0.2, 0.25) is 5.91 Å². The number of carbonyl (C=O) groups excluding carboxylic acids is 3. The third kappa shape index (κ3) is 3.92. The largest absolute Gasteiger partial charge is 0.465 e. The number of allylic oxidation sites excluding steroid dienone is 1. The average molecular weight is 531 g/mol. The molecular formula is C31H34N2O6. The summed E-state index contributed by atoms with van der Waals surface area (Å²) in [5, 5.41) is 12.2. The van der Waals surface area contributed by atoms with E-state index < -0.39 is 41.1 Å². The topological polar surface area (TPSA) is 96.4 Å². The summed E-state index contributed by atoms with van der Waals surface area (Å²) < 4.78 is 12.5. The number of rotatable bonds is 3. The normalized spacial score (nSPS) is 34.2. The van der Waals surface area contributed by atoms with Gasteiger partial charge in [0, 0.05) is 12.2 Å². The zero-order chi connectivity index (χ0) is 27.4. The zero-order valence-electron chi connectivity index (χ0n) is 22.3. The molecule has 2 amide bonds. The molecule has 4 aliphatic heterocycles. The molecule has 0 saturated carbocycles. The van der Waals surface area contributed by atoms with Crippen LogP contribution in [-0.2, 0) is 23.9 Å². The number of benzene rings is 2. The summed E-state index contributed by atoms with van der Waals surface area (Å²) in [5.41, 5.74) is -1.82. The molecule has 2 aromatic rings. The maximum Gasteiger partial charge on any atom is 0.313 e. The Bertz CT molecular complexity index is 1390. The highest BCUT2D eigenvalue weighted by Gasteiger charge is 2.75. The number of cyclic esters (lactones) is 1. The van der Waals surface area contributed by atoms with Gasteiger partial charge in [-0.25, -0.2) is 0 Å². The van der Waals surface area contributed by atoms with Crippen LogP contribution in [0.4, 0.5) is 5.69 Å². The van der Waals surface area contributed by atoms with Crippen molar-refractivity contribution in [1.82, 2.24) is 4.90 Å². The Morgan fingerprint density at radius 1 is 1.00 bits per heavy atom. The Balaban J connectivity index is 1.48. The molecule has 4 aliphatic rings. The molecule has 2 saturated heterocycles. The lowest BCUT2D eigenvalue weighted by Crippen LogP contribution is -2.58. The first kappa shape index (κ1) is 25.8. The second kappa shape index (κ2) is 9.61. The first-order chi connectivity index (χ1) is 18.8. The van der Waals surface area contributed by atoms with Gasteiger partial charge in [0.25, 0.3) is 5.91 Å². The highest BCUT2D eigenvalue weighted by Crippen LogP contribution is 2.57. The average Bonchev–Trinajstić information content (AvgIpc) is 3.27. The van der Waals surface area contributed by atoms with Gasteiger partial charge in [0.15, 0.2) is 0 Å². The van der Waals surface area contributed by atoms with E-state index in [1.165, 1.54) is 4.90 Å². The molecular weight excluding hydrogens is 496 g/mol. The Kier molecular flexibility index (Phi) is 6.35. The van der Waals surface area contributed by atoms with E-state index in [9.17, 15) is 19.5 Å². The van der Waals surface area contributed by atoms with Crippen LogP contribution in [0, 0.1) is 11.8 Å². The van der Waals surface area contributed by atoms with Crippen LogP contribution in [-0.4, -0.2) is 70.8 Å². The minimum Gasteiger partial charge on any atom is -0.465 e. The molecule has 2 fully saturated rings. The quantitative estimate of drug-likeness (QED) is 0.483. The summed E-state index contributed by atoms with van der Waals surface area (Å²) in [6.07, 6.45) is 9.95. The van der Waals surface area contributed by atoms with E-state index in [4.69, 9.17) is 9.47 Å². The molecule has 1 unspecified atom stereocenters. The number of carbonyl (C=O) groups is 3. The van der Waals surface area contributed by atoms with Crippen molar-refractivity contribution < 1.29 is 29.0 Å². The molecule has 0 radical (unpaired) electrons. The van der Waals surface area contributed by atoms with E-state index in [2.05, 4.69) is 0 Å². The van der Waals surface area contributed by atoms with Crippen LogP contribution in [0.1, 0.15) is 33.1 Å². The molecule has 8 nitrogen and oxygen atoms in total. The van der Waals surface area contributed by atoms with Crippen molar-refractivity contribution in [3.8, 4) is 0 Å². The lowest BCUT2D eigenvalue weighted by Gasteiger charge is -2.39. The van der Waals surface area contributed by atoms with Crippen molar-refractivity contribution in [2.75, 3.05) is 24.7 Å². The predicted octanol–water partition coefficient (Wildman–Crippen LogP) is 3.38. The molecule has 2 aromatic carbocycles. The fourth-order valence-corrected chi connectivity index (χ4v) is 6.88. The van der Waals surface area contributed by atoms with Gasteiger partial charge >= 0.3 is 5.97 Å². The van der Waals surface area contributed by atoms with Gasteiger partial charge in [-0.05, 0) is 56.0 Å². The van der Waals surface area contributed by atoms with Crippen LogP contribution in [0.15, 0.2) is 66.8 Å². The Hall–Kier alpha value is -3.49. The van der Waals surface area contributed by atoms with Gasteiger partial charge in [0.05, 0.1) is 30.8 Å². The molecule has 0 bridgehead atoms. The highest BCUT2D eigenvalue weighted by molar-refractivity contribution is 6.06. The van der Waals surface area contributed by atoms with E-state index >= 15 is 0 Å². The van der Waals surface area contributed by atoms with Crippen LogP contribution in [0.2, 0.25) is 0 Å². The van der Waals surface area contributed by atoms with Crippen molar-refractivity contribution >= 4 is 34.2 Å². The Labute approximate surface area is 227 Å². The molecule has 1 N–H and O–H groups in total. The number of esters is 1. The molecule has 0 aromatic heterocycles. The van der Waals surface area contributed by atoms with E-state index in [-0.39, 0.29) is 31.6 Å². The van der Waals surface area contributed by atoms with Crippen LogP contribution in [0.3, 0.4) is 0 Å². The SMILES string of the molecule is C[C@H](CO)N1C(=O)[C@@H]2[C@H]3C(=O)OCCCC/C=C\[C@@]3(C)O[C@@]23C=CCN(c2ccc4ccccc4c2)C(=O)C13. The number of aliphatic hydroxyl groups excluding tert-OH is 1. The van der Waals surface area contributed by atoms with E-state index in [1.807, 2.05) is 66.8 Å². The second-order valence-corrected chi connectivity index (χ2v) is 11.2. The maximum atomic E-state index is 14.5. The number of fused-ring (bicyclic) bond motifs is 3. The molecule has 204 valence electrons. The number of hydrogen-bond acceptors (Lipinski definition) is 6. The smallest absolute Gasteiger partial charge is 0.313 e. The summed E-state index contributed by atoms with van der Waals surface area (Å²) >= 11 is 0. The predicted molar refractivity (Wildman–Crippen MR) is 146 cm³/mol. The van der Waals surface area contributed by atoms with Crippen molar-refractivity contribution in [3.63, 3.8) is 0 Å². The third-order valence-corrected chi connectivity index (χ3v) is 8.72. The Morgan fingerprint density at radius 3 is 2.59 bits per heavy atom. The van der Waals surface area contributed by atoms with Gasteiger partial charge in [-0.2, -0.15) is 0 Å². The summed E-state index contributed by atoms with van der Waals surface area (Å²) in [6.45, 7) is 3.74. The third-order valence-electron chi connectivity index (χ3n) is 8.72. The Morgan fingerprint density at radius 2 is 1.79 bits per heavy atom. The number of anilines is 1. The number of nitrogens with zero attached hydrogens (tertiary/aromatic N) is 2. The number of hydrogen-bond donors (Lipinski definition) is 1. The second-order valence-electron chi connectivity index (χ2n) is 11.2. The molecule has 6 rings (SSSR count). The van der Waals surface area contributed by atoms with Gasteiger partial charge in [0.1, 0.15) is 17.6 Å². The van der Waals surface area contributed by atoms with Gasteiger partial charge in [-0.15, -0.1) is 0 Å². The van der Waals surface area contributed by atoms with E-state index in [1.54, 1.807) is 18.7 Å². The van der Waals surface area contributed by atoms with Crippen LogP contribution in [0.5, 0.6) is 0 Å². The molecule has 4 heterocycles. The standard InChI is InChI=1S/C31H34N2O6/c1-20(19-34)33-26-28(36)32(23-13-12-21-10-5-6-11-22(21)18-23)16-9-15-31(26)24(27(33)35)25-29(37)38-17-8-4-3-7-14-30(25,2)39-31/h5-7,9-15,18,20,24-26,34H,3-4,8,16-17,19H2,1-2H3/b14-7-/t20-,24+,25+,26?,30-,31+/m1/s1. The lowest BCUT2D eigenvalue weighted by atomic mass is 9.74. The van der Waals surface area contributed by atoms with Crippen molar-refractivity contribution in [2.45, 2.75) is 56.4 Å². The first-order valence-corrected chi connectivity index (χ1v) is 13.8. The van der Waals surface area contributed by atoms with E-state index in [0.29, 0.717) is 5.69 Å². The fourth-order valence-electron chi connectivity index (χ4n) is 6.88. The van der Waals surface area contributed by atoms with Gasteiger partial charge in [-0.3, -0.25) is 14.4 Å². The fraction of sp³-hybridized carbons (Fsp3) is 0.452. The van der Waals surface area contributed by atoms with Gasteiger partial charge in [-0.1, -0.05) is 54.6 Å². The van der Waals surface area contributed by atoms with Crippen molar-refractivity contribution in [2.24, 2.45) is 11.8 Å². The number of ether oxygens (including phenoxy) is 2. The van der Waals surface area contributed by atoms with E-state index in [0.717, 1.165) is 30.0 Å². The summed E-state index contributed by atoms with van der Waals surface area (Å²) in [5.74, 6) is -3.07. The zero-order valence-corrected chi connectivity index (χ0v) is 22.3. The molecule has 8 heteroatoms. The van der Waals surface area contributed by atoms with Crippen LogP contribution < -0.4 is 4.90 Å². The number of likely N-dealkylation sites (tertiary alicyclic amines) is 1. The van der Waals surface area contributed by atoms with Crippen molar-refractivity contribution in [3.05, 3.63) is 66.8 Å². The van der Waals surface area contributed by atoms with Crippen LogP contribution >= 0.6 is 0 Å². The molecule has 6 atom stereocenters. The first-order valence-electron chi connectivity index (χ1n) is 13.8. The monoisotopic (exact) mass is 530 g/mol. The summed E-state index contributed by atoms with van der Waals surface area (Å²) in [7, 11) is 0. The highest BCUT2D eigenvalue weighted by atomic mass is 16.6. The minimum absolute atomic E-state index is 0.276. The van der Waals surface area contributed by atoms with Crippen LogP contribution in [0.25, 0.3) is 10.8 Å². The molecule has 39 heavy (non-hydrogen) atoms. The van der Waals surface area contributed by atoms with Gasteiger partial charge < -0.3 is 24.4 Å². The van der Waals surface area contributed by atoms with Crippen molar-refractivity contribution in [1.29, 1.82) is 0 Å². The maximum absolute atomic E-state index is 14.5. The number of amides is 2. The molecule has 0 aliphatic carbocycles. The number of aliphatic hydroxyl groups is 1.